The molecule has 0 unspecified atom stereocenters. The van der Waals surface area contributed by atoms with Crippen LogP contribution in [-0.4, -0.2) is 18.3 Å². The molecule has 1 aromatic carbocycles. The monoisotopic (exact) mass is 261 g/mol. The second-order valence-corrected chi connectivity index (χ2v) is 4.21. The zero-order valence-electron chi connectivity index (χ0n) is 9.28. The van der Waals surface area contributed by atoms with Crippen molar-refractivity contribution in [3.05, 3.63) is 23.8 Å². The molecule has 94 valence electrons. The minimum absolute atomic E-state index is 0.0114. The van der Waals surface area contributed by atoms with Crippen LogP contribution in [0.5, 0.6) is 0 Å². The zero-order valence-corrected chi connectivity index (χ0v) is 10.1. The number of hydrogen-bond donors (Lipinski definition) is 1. The summed E-state index contributed by atoms with van der Waals surface area (Å²) in [6.07, 6.45) is -2.61. The van der Waals surface area contributed by atoms with Crippen LogP contribution in [0, 0.1) is 0 Å². The molecule has 1 aromatic rings. The molecule has 0 aromatic heterocycles. The zero-order chi connectivity index (χ0) is 12.8. The van der Waals surface area contributed by atoms with Crippen LogP contribution < -0.4 is 5.73 Å². The summed E-state index contributed by atoms with van der Waals surface area (Å²) in [5, 5.41) is 0. The second-order valence-electron chi connectivity index (χ2n) is 3.19. The van der Waals surface area contributed by atoms with Crippen molar-refractivity contribution in [2.24, 2.45) is 0 Å². The van der Waals surface area contributed by atoms with E-state index in [1.54, 1.807) is 6.92 Å². The number of nitrogen functional groups attached to an aromatic ring is 1. The van der Waals surface area contributed by atoms with Gasteiger partial charge in [-0.3, -0.25) is 4.79 Å². The van der Waals surface area contributed by atoms with Gasteiger partial charge in [0.1, 0.15) is 0 Å². The van der Waals surface area contributed by atoms with Crippen LogP contribution in [0.1, 0.15) is 18.9 Å². The smallest absolute Gasteiger partial charge is 0.316 e. The number of thioether (sulfide) groups is 1. The standard InChI is InChI=1S/C11H13F2NO2S/c1-2-16-10(15)6-17-9-4-3-7(14)5-8(9)11(12)13/h3-5,11H,2,6,14H2,1H3. The van der Waals surface area contributed by atoms with E-state index in [-0.39, 0.29) is 23.6 Å². The first-order valence-corrected chi connectivity index (χ1v) is 5.99. The van der Waals surface area contributed by atoms with Crippen LogP contribution >= 0.6 is 11.8 Å². The van der Waals surface area contributed by atoms with Gasteiger partial charge in [0.25, 0.3) is 6.43 Å². The van der Waals surface area contributed by atoms with Crippen LogP contribution in [0.25, 0.3) is 0 Å². The Kier molecular flexibility index (Phi) is 5.21. The molecule has 0 aliphatic rings. The molecule has 0 aliphatic carbocycles. The number of anilines is 1. The van der Waals surface area contributed by atoms with Crippen molar-refractivity contribution in [1.82, 2.24) is 0 Å². The number of ether oxygens (including phenoxy) is 1. The maximum absolute atomic E-state index is 12.7. The molecule has 0 fully saturated rings. The van der Waals surface area contributed by atoms with E-state index in [0.29, 0.717) is 4.90 Å². The van der Waals surface area contributed by atoms with E-state index in [1.165, 1.54) is 18.2 Å². The van der Waals surface area contributed by atoms with Gasteiger partial charge in [0.05, 0.1) is 12.4 Å². The van der Waals surface area contributed by atoms with Gasteiger partial charge in [-0.25, -0.2) is 8.78 Å². The number of rotatable bonds is 5. The van der Waals surface area contributed by atoms with Gasteiger partial charge < -0.3 is 10.5 Å². The molecule has 0 amide bonds. The number of halogens is 2. The van der Waals surface area contributed by atoms with Gasteiger partial charge in [-0.15, -0.1) is 11.8 Å². The summed E-state index contributed by atoms with van der Waals surface area (Å²) in [6, 6.07) is 4.23. The van der Waals surface area contributed by atoms with Crippen LogP contribution in [-0.2, 0) is 9.53 Å². The molecule has 1 rings (SSSR count). The van der Waals surface area contributed by atoms with Crippen molar-refractivity contribution < 1.29 is 18.3 Å². The van der Waals surface area contributed by atoms with Crippen molar-refractivity contribution in [3.8, 4) is 0 Å². The molecule has 17 heavy (non-hydrogen) atoms. The van der Waals surface area contributed by atoms with Gasteiger partial charge in [0.2, 0.25) is 0 Å². The fraction of sp³-hybridized carbons (Fsp3) is 0.364. The quantitative estimate of drug-likeness (QED) is 0.503. The summed E-state index contributed by atoms with van der Waals surface area (Å²) in [4.78, 5) is 11.5. The number of carbonyl (C=O) groups is 1. The summed E-state index contributed by atoms with van der Waals surface area (Å²) in [6.45, 7) is 1.97. The molecule has 6 heteroatoms. The highest BCUT2D eigenvalue weighted by molar-refractivity contribution is 8.00. The Morgan fingerprint density at radius 1 is 1.53 bits per heavy atom. The Labute approximate surface area is 102 Å². The molecule has 0 saturated carbocycles. The minimum atomic E-state index is -2.61. The third-order valence-corrected chi connectivity index (χ3v) is 2.98. The van der Waals surface area contributed by atoms with E-state index in [1.807, 2.05) is 0 Å². The highest BCUT2D eigenvalue weighted by atomic mass is 32.2. The predicted octanol–water partition coefficient (Wildman–Crippen LogP) is 2.86. The topological polar surface area (TPSA) is 52.3 Å². The van der Waals surface area contributed by atoms with Gasteiger partial charge in [-0.1, -0.05) is 0 Å². The van der Waals surface area contributed by atoms with Gasteiger partial charge >= 0.3 is 5.97 Å². The molecule has 0 bridgehead atoms. The molecular weight excluding hydrogens is 248 g/mol. The van der Waals surface area contributed by atoms with E-state index in [0.717, 1.165) is 11.8 Å². The van der Waals surface area contributed by atoms with Crippen molar-refractivity contribution in [2.45, 2.75) is 18.2 Å². The molecule has 2 N–H and O–H groups in total. The first-order valence-electron chi connectivity index (χ1n) is 5.00. The van der Waals surface area contributed by atoms with Gasteiger partial charge in [-0.2, -0.15) is 0 Å². The first kappa shape index (κ1) is 13.8. The lowest BCUT2D eigenvalue weighted by atomic mass is 10.2. The van der Waals surface area contributed by atoms with E-state index >= 15 is 0 Å². The lowest BCUT2D eigenvalue weighted by Gasteiger charge is -2.09. The highest BCUT2D eigenvalue weighted by Crippen LogP contribution is 2.32. The summed E-state index contributed by atoms with van der Waals surface area (Å²) >= 11 is 1.02. The maximum atomic E-state index is 12.7. The molecule has 0 spiro atoms. The largest absolute Gasteiger partial charge is 0.465 e. The molecule has 0 atom stereocenters. The van der Waals surface area contributed by atoms with E-state index in [2.05, 4.69) is 0 Å². The Balaban J connectivity index is 2.73. The Morgan fingerprint density at radius 2 is 2.24 bits per heavy atom. The minimum Gasteiger partial charge on any atom is -0.465 e. The van der Waals surface area contributed by atoms with Crippen LogP contribution in [0.2, 0.25) is 0 Å². The summed E-state index contributed by atoms with van der Waals surface area (Å²) < 4.78 is 30.1. The molecular formula is C11H13F2NO2S. The lowest BCUT2D eigenvalue weighted by molar-refractivity contribution is -0.139. The van der Waals surface area contributed by atoms with Gasteiger partial charge in [-0.05, 0) is 25.1 Å². The molecule has 0 saturated heterocycles. The van der Waals surface area contributed by atoms with Gasteiger partial charge in [0.15, 0.2) is 0 Å². The average molecular weight is 261 g/mol. The van der Waals surface area contributed by atoms with Crippen molar-refractivity contribution in [2.75, 3.05) is 18.1 Å². The first-order chi connectivity index (χ1) is 8.04. The molecule has 0 aliphatic heterocycles. The maximum Gasteiger partial charge on any atom is 0.316 e. The molecule has 3 nitrogen and oxygen atoms in total. The van der Waals surface area contributed by atoms with Crippen LogP contribution in [0.4, 0.5) is 14.5 Å². The lowest BCUT2D eigenvalue weighted by Crippen LogP contribution is -2.06. The van der Waals surface area contributed by atoms with E-state index < -0.39 is 12.4 Å². The Morgan fingerprint density at radius 3 is 2.82 bits per heavy atom. The Hall–Kier alpha value is -1.30. The van der Waals surface area contributed by atoms with Gasteiger partial charge in [0, 0.05) is 16.1 Å². The molecule has 0 radical (unpaired) electrons. The van der Waals surface area contributed by atoms with Crippen molar-refractivity contribution >= 4 is 23.4 Å². The second kappa shape index (κ2) is 6.44. The SMILES string of the molecule is CCOC(=O)CSc1ccc(N)cc1C(F)F. The summed E-state index contributed by atoms with van der Waals surface area (Å²) in [5.41, 5.74) is 5.56. The fourth-order valence-electron chi connectivity index (χ4n) is 1.21. The Bertz CT molecular complexity index is 399. The van der Waals surface area contributed by atoms with Crippen molar-refractivity contribution in [1.29, 1.82) is 0 Å². The van der Waals surface area contributed by atoms with E-state index in [9.17, 15) is 13.6 Å². The number of carbonyl (C=O) groups excluding carboxylic acids is 1. The third kappa shape index (κ3) is 4.22. The number of alkyl halides is 2. The van der Waals surface area contributed by atoms with E-state index in [4.69, 9.17) is 10.5 Å². The summed E-state index contributed by atoms with van der Waals surface area (Å²) in [7, 11) is 0. The number of nitrogens with two attached hydrogens (primary N) is 1. The molecule has 0 heterocycles. The van der Waals surface area contributed by atoms with Crippen molar-refractivity contribution in [3.63, 3.8) is 0 Å². The third-order valence-electron chi connectivity index (χ3n) is 1.92. The average Bonchev–Trinajstić information content (AvgIpc) is 2.27. The fourth-order valence-corrected chi connectivity index (χ4v) is 2.04. The highest BCUT2D eigenvalue weighted by Gasteiger charge is 2.15. The normalized spacial score (nSPS) is 10.6. The van der Waals surface area contributed by atoms with Crippen LogP contribution in [0.3, 0.4) is 0 Å². The number of hydrogen-bond acceptors (Lipinski definition) is 4. The summed E-state index contributed by atoms with van der Waals surface area (Å²) in [5.74, 6) is -0.410. The van der Waals surface area contributed by atoms with Crippen LogP contribution in [0.15, 0.2) is 23.1 Å². The number of benzene rings is 1. The number of esters is 1. The predicted molar refractivity (Wildman–Crippen MR) is 63.2 cm³/mol.